The fraction of sp³-hybridized carbons (Fsp3) is 0.750. The van der Waals surface area contributed by atoms with Crippen molar-refractivity contribution in [1.29, 1.82) is 0 Å². The van der Waals surface area contributed by atoms with Gasteiger partial charge in [-0.15, -0.1) is 5.10 Å². The summed E-state index contributed by atoms with van der Waals surface area (Å²) >= 11 is 0. The van der Waals surface area contributed by atoms with Crippen LogP contribution in [-0.4, -0.2) is 51.5 Å². The van der Waals surface area contributed by atoms with Crippen molar-refractivity contribution in [1.82, 2.24) is 25.2 Å². The highest BCUT2D eigenvalue weighted by molar-refractivity contribution is 5.76. The number of piperidine rings is 1. The van der Waals surface area contributed by atoms with E-state index in [9.17, 15) is 4.79 Å². The summed E-state index contributed by atoms with van der Waals surface area (Å²) in [6, 6.07) is 0.402. The predicted molar refractivity (Wildman–Crippen MR) is 67.9 cm³/mol. The van der Waals surface area contributed by atoms with Crippen molar-refractivity contribution in [2.45, 2.75) is 38.8 Å². The molecular weight excluding hydrogens is 230 g/mol. The summed E-state index contributed by atoms with van der Waals surface area (Å²) in [6.45, 7) is 5.48. The maximum atomic E-state index is 12.2. The van der Waals surface area contributed by atoms with Gasteiger partial charge in [-0.2, -0.15) is 0 Å². The van der Waals surface area contributed by atoms with Gasteiger partial charge in [-0.25, -0.2) is 0 Å². The number of amides is 1. The van der Waals surface area contributed by atoms with E-state index in [2.05, 4.69) is 22.6 Å². The van der Waals surface area contributed by atoms with Gasteiger partial charge in [0.25, 0.3) is 0 Å². The van der Waals surface area contributed by atoms with Gasteiger partial charge >= 0.3 is 0 Å². The van der Waals surface area contributed by atoms with Crippen LogP contribution in [0.5, 0.6) is 0 Å². The van der Waals surface area contributed by atoms with Gasteiger partial charge in [0.1, 0.15) is 0 Å². The van der Waals surface area contributed by atoms with Gasteiger partial charge in [0.15, 0.2) is 0 Å². The van der Waals surface area contributed by atoms with Gasteiger partial charge in [-0.3, -0.25) is 9.48 Å². The fourth-order valence-electron chi connectivity index (χ4n) is 2.46. The van der Waals surface area contributed by atoms with E-state index in [4.69, 9.17) is 0 Å². The molecule has 1 N–H and O–H groups in total. The third-order valence-electron chi connectivity index (χ3n) is 3.44. The molecule has 100 valence electrons. The minimum Gasteiger partial charge on any atom is -0.340 e. The van der Waals surface area contributed by atoms with Gasteiger partial charge in [-0.05, 0) is 32.9 Å². The molecule has 1 amide bonds. The van der Waals surface area contributed by atoms with Crippen LogP contribution < -0.4 is 5.32 Å². The molecule has 1 saturated heterocycles. The molecule has 1 aromatic heterocycles. The first-order chi connectivity index (χ1) is 8.81. The first kappa shape index (κ1) is 13.0. The second-order valence-corrected chi connectivity index (χ2v) is 4.58. The lowest BCUT2D eigenvalue weighted by molar-refractivity contribution is -0.134. The van der Waals surface area contributed by atoms with Gasteiger partial charge in [0, 0.05) is 25.2 Å². The Morgan fingerprint density at radius 3 is 2.89 bits per heavy atom. The third kappa shape index (κ3) is 3.29. The van der Waals surface area contributed by atoms with Crippen molar-refractivity contribution in [3.63, 3.8) is 0 Å². The van der Waals surface area contributed by atoms with E-state index < -0.39 is 0 Å². The lowest BCUT2D eigenvalue weighted by atomic mass is 10.0. The number of carbonyl (C=O) groups is 1. The number of nitrogens with one attached hydrogen (secondary N) is 1. The van der Waals surface area contributed by atoms with Gasteiger partial charge in [-0.1, -0.05) is 5.21 Å². The molecule has 0 atom stereocenters. The van der Waals surface area contributed by atoms with E-state index in [-0.39, 0.29) is 5.91 Å². The summed E-state index contributed by atoms with van der Waals surface area (Å²) in [5.41, 5.74) is 0. The number of carbonyl (C=O) groups excluding carboxylic acids is 1. The molecule has 0 spiro atoms. The molecule has 0 bridgehead atoms. The van der Waals surface area contributed by atoms with Crippen molar-refractivity contribution in [3.05, 3.63) is 12.4 Å². The minimum atomic E-state index is 0.222. The molecule has 0 saturated carbocycles. The zero-order chi connectivity index (χ0) is 12.8. The molecule has 1 fully saturated rings. The quantitative estimate of drug-likeness (QED) is 0.816. The Labute approximate surface area is 107 Å². The molecule has 0 unspecified atom stereocenters. The number of aryl methyl sites for hydroxylation is 1. The van der Waals surface area contributed by atoms with E-state index in [1.54, 1.807) is 17.1 Å². The molecular formula is C12H21N5O. The van der Waals surface area contributed by atoms with Crippen molar-refractivity contribution in [2.75, 3.05) is 19.6 Å². The Bertz CT molecular complexity index is 359. The third-order valence-corrected chi connectivity index (χ3v) is 3.44. The normalized spacial score (nSPS) is 16.7. The average Bonchev–Trinajstić information content (AvgIpc) is 2.92. The van der Waals surface area contributed by atoms with Crippen LogP contribution in [0.15, 0.2) is 12.4 Å². The summed E-state index contributed by atoms with van der Waals surface area (Å²) in [7, 11) is 0. The Balaban J connectivity index is 1.84. The molecule has 2 rings (SSSR count). The van der Waals surface area contributed by atoms with Gasteiger partial charge in [0.05, 0.1) is 12.7 Å². The molecule has 1 aliphatic rings. The Morgan fingerprint density at radius 2 is 2.28 bits per heavy atom. The van der Waals surface area contributed by atoms with Crippen molar-refractivity contribution >= 4 is 5.91 Å². The number of rotatable bonds is 5. The maximum Gasteiger partial charge on any atom is 0.224 e. The van der Waals surface area contributed by atoms with E-state index in [0.29, 0.717) is 19.0 Å². The molecule has 0 radical (unpaired) electrons. The summed E-state index contributed by atoms with van der Waals surface area (Å²) in [4.78, 5) is 14.2. The summed E-state index contributed by atoms with van der Waals surface area (Å²) in [5, 5.41) is 10.9. The van der Waals surface area contributed by atoms with Crippen LogP contribution in [0.1, 0.15) is 26.2 Å². The Kier molecular flexibility index (Phi) is 4.69. The molecule has 0 aliphatic carbocycles. The number of nitrogens with zero attached hydrogens (tertiary/aromatic N) is 4. The highest BCUT2D eigenvalue weighted by Gasteiger charge is 2.23. The van der Waals surface area contributed by atoms with E-state index in [1.165, 1.54) is 0 Å². The second kappa shape index (κ2) is 6.49. The van der Waals surface area contributed by atoms with E-state index in [1.807, 2.05) is 4.90 Å². The first-order valence-electron chi connectivity index (χ1n) is 6.65. The molecule has 6 heteroatoms. The SMILES string of the molecule is CCN(C(=O)CCn1ccnn1)C1CCNCC1. The number of aromatic nitrogens is 3. The zero-order valence-electron chi connectivity index (χ0n) is 10.9. The second-order valence-electron chi connectivity index (χ2n) is 4.58. The highest BCUT2D eigenvalue weighted by Crippen LogP contribution is 2.13. The molecule has 18 heavy (non-hydrogen) atoms. The molecule has 2 heterocycles. The van der Waals surface area contributed by atoms with Crippen LogP contribution in [0, 0.1) is 0 Å². The molecule has 1 aliphatic heterocycles. The summed E-state index contributed by atoms with van der Waals surface area (Å²) in [5.74, 6) is 0.222. The Hall–Kier alpha value is -1.43. The fourth-order valence-corrected chi connectivity index (χ4v) is 2.46. The minimum absolute atomic E-state index is 0.222. The monoisotopic (exact) mass is 251 g/mol. The Morgan fingerprint density at radius 1 is 1.50 bits per heavy atom. The molecule has 6 nitrogen and oxygen atoms in total. The zero-order valence-corrected chi connectivity index (χ0v) is 10.9. The van der Waals surface area contributed by atoms with E-state index >= 15 is 0 Å². The summed E-state index contributed by atoms with van der Waals surface area (Å²) < 4.78 is 1.70. The average molecular weight is 251 g/mol. The van der Waals surface area contributed by atoms with Crippen molar-refractivity contribution in [3.8, 4) is 0 Å². The van der Waals surface area contributed by atoms with Crippen LogP contribution >= 0.6 is 0 Å². The molecule has 0 aromatic carbocycles. The van der Waals surface area contributed by atoms with Crippen LogP contribution in [-0.2, 0) is 11.3 Å². The van der Waals surface area contributed by atoms with Crippen molar-refractivity contribution in [2.24, 2.45) is 0 Å². The topological polar surface area (TPSA) is 63.1 Å². The smallest absolute Gasteiger partial charge is 0.224 e. The first-order valence-corrected chi connectivity index (χ1v) is 6.65. The lowest BCUT2D eigenvalue weighted by Crippen LogP contribution is -2.46. The van der Waals surface area contributed by atoms with Crippen molar-refractivity contribution < 1.29 is 4.79 Å². The van der Waals surface area contributed by atoms with Crippen LogP contribution in [0.25, 0.3) is 0 Å². The standard InChI is InChI=1S/C12H21N5O/c1-2-17(11-3-6-13-7-4-11)12(18)5-9-16-10-8-14-15-16/h8,10-11,13H,2-7,9H2,1H3. The number of hydrogen-bond donors (Lipinski definition) is 1. The van der Waals surface area contributed by atoms with Gasteiger partial charge < -0.3 is 10.2 Å². The maximum absolute atomic E-state index is 12.2. The number of hydrogen-bond acceptors (Lipinski definition) is 4. The highest BCUT2D eigenvalue weighted by atomic mass is 16.2. The molecule has 1 aromatic rings. The van der Waals surface area contributed by atoms with Crippen LogP contribution in [0.3, 0.4) is 0 Å². The van der Waals surface area contributed by atoms with Crippen LogP contribution in [0.4, 0.5) is 0 Å². The van der Waals surface area contributed by atoms with Crippen LogP contribution in [0.2, 0.25) is 0 Å². The predicted octanol–water partition coefficient (Wildman–Crippen LogP) is 0.269. The summed E-state index contributed by atoms with van der Waals surface area (Å²) in [6.07, 6.45) is 6.04. The van der Waals surface area contributed by atoms with Gasteiger partial charge in [0.2, 0.25) is 5.91 Å². The largest absolute Gasteiger partial charge is 0.340 e. The van der Waals surface area contributed by atoms with E-state index in [0.717, 1.165) is 32.5 Å². The lowest BCUT2D eigenvalue weighted by Gasteiger charge is -2.34.